The molecule has 0 saturated carbocycles. The third-order valence-electron chi connectivity index (χ3n) is 2.49. The molecule has 0 aliphatic carbocycles. The first-order chi connectivity index (χ1) is 7.68. The molecule has 82 valence electrons. The van der Waals surface area contributed by atoms with Gasteiger partial charge in [-0.05, 0) is 12.0 Å². The van der Waals surface area contributed by atoms with E-state index in [2.05, 4.69) is 5.32 Å². The molecule has 2 rings (SSSR count). The molecule has 3 amide bonds. The summed E-state index contributed by atoms with van der Waals surface area (Å²) in [5, 5.41) is 2.23. The van der Waals surface area contributed by atoms with Crippen molar-refractivity contribution in [2.75, 3.05) is 7.05 Å². The summed E-state index contributed by atoms with van der Waals surface area (Å²) >= 11 is 0. The van der Waals surface area contributed by atoms with Crippen LogP contribution in [0.4, 0.5) is 4.79 Å². The van der Waals surface area contributed by atoms with Gasteiger partial charge in [0.15, 0.2) is 0 Å². The topological polar surface area (TPSA) is 49.4 Å². The van der Waals surface area contributed by atoms with Gasteiger partial charge in [0, 0.05) is 7.05 Å². The Morgan fingerprint density at radius 1 is 1.25 bits per heavy atom. The molecule has 0 aromatic heterocycles. The number of hydrogen-bond donors (Lipinski definition) is 1. The van der Waals surface area contributed by atoms with Crippen molar-refractivity contribution < 1.29 is 9.59 Å². The molecule has 1 aromatic rings. The first-order valence-electron chi connectivity index (χ1n) is 5.01. The lowest BCUT2D eigenvalue weighted by molar-refractivity contribution is -0.116. The largest absolute Gasteiger partial charge is 0.328 e. The molecule has 0 unspecified atom stereocenters. The fourth-order valence-electron chi connectivity index (χ4n) is 1.56. The van der Waals surface area contributed by atoms with Crippen molar-refractivity contribution >= 4 is 11.9 Å². The molecule has 1 aliphatic heterocycles. The van der Waals surface area contributed by atoms with E-state index in [0.717, 1.165) is 5.56 Å². The van der Waals surface area contributed by atoms with E-state index in [0.29, 0.717) is 12.1 Å². The SMILES string of the molecule is CN1C(=O)NC(=O)C1=CCc1ccccc1. The van der Waals surface area contributed by atoms with Crippen LogP contribution in [0.1, 0.15) is 5.56 Å². The first kappa shape index (κ1) is 10.4. The molecule has 1 aliphatic rings. The van der Waals surface area contributed by atoms with Crippen LogP contribution >= 0.6 is 0 Å². The lowest BCUT2D eigenvalue weighted by atomic mass is 10.1. The maximum atomic E-state index is 11.4. The second kappa shape index (κ2) is 4.18. The van der Waals surface area contributed by atoms with E-state index in [-0.39, 0.29) is 11.9 Å². The molecule has 0 bridgehead atoms. The van der Waals surface area contributed by atoms with Crippen LogP contribution in [0.15, 0.2) is 42.1 Å². The molecule has 1 fully saturated rings. The summed E-state index contributed by atoms with van der Waals surface area (Å²) in [6, 6.07) is 9.41. The van der Waals surface area contributed by atoms with Crippen LogP contribution in [0.25, 0.3) is 0 Å². The van der Waals surface area contributed by atoms with Gasteiger partial charge in [-0.3, -0.25) is 15.0 Å². The highest BCUT2D eigenvalue weighted by Gasteiger charge is 2.29. The molecule has 4 heteroatoms. The number of hydrogen-bond acceptors (Lipinski definition) is 2. The minimum atomic E-state index is -0.371. The number of carbonyl (C=O) groups is 2. The lowest BCUT2D eigenvalue weighted by Crippen LogP contribution is -2.24. The van der Waals surface area contributed by atoms with Gasteiger partial charge < -0.3 is 0 Å². The fourth-order valence-corrected chi connectivity index (χ4v) is 1.56. The smallest absolute Gasteiger partial charge is 0.292 e. The Hall–Kier alpha value is -2.10. The Bertz CT molecular complexity index is 451. The van der Waals surface area contributed by atoms with Gasteiger partial charge in [-0.1, -0.05) is 36.4 Å². The van der Waals surface area contributed by atoms with E-state index >= 15 is 0 Å². The molecule has 1 aromatic carbocycles. The standard InChI is InChI=1S/C12H12N2O2/c1-14-10(11(15)13-12(14)16)8-7-9-5-3-2-4-6-9/h2-6,8H,7H2,1H3,(H,13,15,16). The Morgan fingerprint density at radius 3 is 2.50 bits per heavy atom. The predicted octanol–water partition coefficient (Wildman–Crippen LogP) is 1.29. The maximum Gasteiger partial charge on any atom is 0.328 e. The fraction of sp³-hybridized carbons (Fsp3) is 0.167. The van der Waals surface area contributed by atoms with E-state index in [1.807, 2.05) is 30.3 Å². The number of urea groups is 1. The highest BCUT2D eigenvalue weighted by Crippen LogP contribution is 2.11. The van der Waals surface area contributed by atoms with Gasteiger partial charge in [0.25, 0.3) is 5.91 Å². The number of amides is 3. The van der Waals surface area contributed by atoms with Gasteiger partial charge in [-0.2, -0.15) is 0 Å². The van der Waals surface area contributed by atoms with Crippen LogP contribution in [0.2, 0.25) is 0 Å². The van der Waals surface area contributed by atoms with Crippen molar-refractivity contribution in [3.63, 3.8) is 0 Å². The molecule has 0 radical (unpaired) electrons. The predicted molar refractivity (Wildman–Crippen MR) is 59.5 cm³/mol. The van der Waals surface area contributed by atoms with Gasteiger partial charge in [-0.15, -0.1) is 0 Å². The summed E-state index contributed by atoms with van der Waals surface area (Å²) in [6.45, 7) is 0. The molecule has 16 heavy (non-hydrogen) atoms. The average Bonchev–Trinajstić information content (AvgIpc) is 2.53. The summed E-state index contributed by atoms with van der Waals surface area (Å²) in [6.07, 6.45) is 2.40. The number of imide groups is 1. The van der Waals surface area contributed by atoms with E-state index in [4.69, 9.17) is 0 Å². The summed E-state index contributed by atoms with van der Waals surface area (Å²) in [5.74, 6) is -0.330. The Labute approximate surface area is 93.6 Å². The molecule has 4 nitrogen and oxygen atoms in total. The molecular weight excluding hydrogens is 204 g/mol. The van der Waals surface area contributed by atoms with Crippen LogP contribution in [-0.4, -0.2) is 23.9 Å². The van der Waals surface area contributed by atoms with Crippen molar-refractivity contribution in [3.05, 3.63) is 47.7 Å². The zero-order valence-electron chi connectivity index (χ0n) is 8.93. The number of benzene rings is 1. The normalized spacial score (nSPS) is 18.1. The molecule has 1 heterocycles. The lowest BCUT2D eigenvalue weighted by Gasteiger charge is -2.06. The van der Waals surface area contributed by atoms with Crippen molar-refractivity contribution in [2.45, 2.75) is 6.42 Å². The summed E-state index contributed by atoms with van der Waals surface area (Å²) in [4.78, 5) is 23.9. The molecule has 1 saturated heterocycles. The van der Waals surface area contributed by atoms with Crippen LogP contribution in [-0.2, 0) is 11.2 Å². The molecule has 0 spiro atoms. The number of likely N-dealkylation sites (N-methyl/N-ethyl adjacent to an activating group) is 1. The van der Waals surface area contributed by atoms with Crippen LogP contribution in [0.3, 0.4) is 0 Å². The highest BCUT2D eigenvalue weighted by molar-refractivity contribution is 6.11. The Morgan fingerprint density at radius 2 is 1.94 bits per heavy atom. The van der Waals surface area contributed by atoms with Crippen LogP contribution < -0.4 is 5.32 Å². The minimum absolute atomic E-state index is 0.330. The van der Waals surface area contributed by atoms with Crippen LogP contribution in [0.5, 0.6) is 0 Å². The zero-order chi connectivity index (χ0) is 11.5. The number of carbonyl (C=O) groups excluding carboxylic acids is 2. The summed E-state index contributed by atoms with van der Waals surface area (Å²) in [7, 11) is 1.58. The third-order valence-corrected chi connectivity index (χ3v) is 2.49. The van der Waals surface area contributed by atoms with Crippen molar-refractivity contribution in [2.24, 2.45) is 0 Å². The van der Waals surface area contributed by atoms with E-state index in [9.17, 15) is 9.59 Å². The van der Waals surface area contributed by atoms with Crippen molar-refractivity contribution in [3.8, 4) is 0 Å². The summed E-state index contributed by atoms with van der Waals surface area (Å²) in [5.41, 5.74) is 1.52. The van der Waals surface area contributed by atoms with Gasteiger partial charge in [-0.25, -0.2) is 4.79 Å². The monoisotopic (exact) mass is 216 g/mol. The van der Waals surface area contributed by atoms with Gasteiger partial charge in [0.1, 0.15) is 5.70 Å². The summed E-state index contributed by atoms with van der Waals surface area (Å²) < 4.78 is 0. The van der Waals surface area contributed by atoms with Crippen molar-refractivity contribution in [1.29, 1.82) is 0 Å². The first-order valence-corrected chi connectivity index (χ1v) is 5.01. The molecule has 0 atom stereocenters. The third kappa shape index (κ3) is 1.95. The molecular formula is C12H12N2O2. The van der Waals surface area contributed by atoms with Crippen LogP contribution in [0, 0.1) is 0 Å². The number of allylic oxidation sites excluding steroid dienone is 1. The maximum absolute atomic E-state index is 11.4. The second-order valence-corrected chi connectivity index (χ2v) is 3.60. The zero-order valence-corrected chi connectivity index (χ0v) is 8.93. The Kier molecular flexibility index (Phi) is 2.72. The van der Waals surface area contributed by atoms with Gasteiger partial charge in [0.05, 0.1) is 0 Å². The highest BCUT2D eigenvalue weighted by atomic mass is 16.2. The quantitative estimate of drug-likeness (QED) is 0.598. The second-order valence-electron chi connectivity index (χ2n) is 3.60. The van der Waals surface area contributed by atoms with Gasteiger partial charge >= 0.3 is 6.03 Å². The minimum Gasteiger partial charge on any atom is -0.292 e. The van der Waals surface area contributed by atoms with Crippen molar-refractivity contribution in [1.82, 2.24) is 10.2 Å². The van der Waals surface area contributed by atoms with E-state index < -0.39 is 0 Å². The van der Waals surface area contributed by atoms with Gasteiger partial charge in [0.2, 0.25) is 0 Å². The molecule has 1 N–H and O–H groups in total. The number of nitrogens with one attached hydrogen (secondary N) is 1. The van der Waals surface area contributed by atoms with E-state index in [1.165, 1.54) is 4.90 Å². The number of nitrogens with zero attached hydrogens (tertiary/aromatic N) is 1. The Balaban J connectivity index is 2.14. The average molecular weight is 216 g/mol. The van der Waals surface area contributed by atoms with E-state index in [1.54, 1.807) is 13.1 Å². The number of rotatable bonds is 2.